The second-order valence-corrected chi connectivity index (χ2v) is 13.2. The highest BCUT2D eigenvalue weighted by molar-refractivity contribution is 7.98. The van der Waals surface area contributed by atoms with Crippen molar-refractivity contribution in [3.8, 4) is 5.69 Å². The number of carbonyl (C=O) groups excluding carboxylic acids is 1. The molecule has 6 rings (SSSR count). The van der Waals surface area contributed by atoms with Gasteiger partial charge in [0.1, 0.15) is 11.5 Å². The Bertz CT molecular complexity index is 1860. The van der Waals surface area contributed by atoms with Crippen LogP contribution in [0.1, 0.15) is 46.6 Å². The van der Waals surface area contributed by atoms with Crippen LogP contribution in [0.3, 0.4) is 0 Å². The van der Waals surface area contributed by atoms with Crippen molar-refractivity contribution in [2.45, 2.75) is 42.9 Å². The zero-order valence-corrected chi connectivity index (χ0v) is 24.1. The van der Waals surface area contributed by atoms with E-state index in [9.17, 15) is 26.6 Å². The van der Waals surface area contributed by atoms with E-state index in [-0.39, 0.29) is 18.5 Å². The highest BCUT2D eigenvalue weighted by Crippen LogP contribution is 2.51. The van der Waals surface area contributed by atoms with E-state index in [0.717, 1.165) is 23.9 Å². The van der Waals surface area contributed by atoms with Gasteiger partial charge >= 0.3 is 6.18 Å². The molecule has 14 heteroatoms. The van der Waals surface area contributed by atoms with Crippen molar-refractivity contribution >= 4 is 27.4 Å². The molecule has 0 amide bonds. The number of Topliss-reactive ketones (excluding diaryl/α,β-unsaturated/α-hetero) is 1. The van der Waals surface area contributed by atoms with Gasteiger partial charge in [-0.2, -0.15) is 18.3 Å². The molecule has 1 unspecified atom stereocenters. The van der Waals surface area contributed by atoms with Gasteiger partial charge in [0.05, 0.1) is 44.5 Å². The minimum absolute atomic E-state index is 0.141. The molecule has 9 nitrogen and oxygen atoms in total. The smallest absolute Gasteiger partial charge is 0.291 e. The number of rotatable bonds is 6. The molecule has 0 radical (unpaired) electrons. The number of hydrogen-bond donors (Lipinski definition) is 0. The summed E-state index contributed by atoms with van der Waals surface area (Å²) in [4.78, 5) is 18.5. The number of halogens is 4. The quantitative estimate of drug-likeness (QED) is 0.180. The van der Waals surface area contributed by atoms with Crippen LogP contribution in [0, 0.1) is 11.2 Å². The van der Waals surface area contributed by atoms with Gasteiger partial charge in [-0.25, -0.2) is 22.3 Å². The molecule has 3 atom stereocenters. The average Bonchev–Trinajstić information content (AvgIpc) is 3.60. The second-order valence-electron chi connectivity index (χ2n) is 10.9. The van der Waals surface area contributed by atoms with E-state index in [4.69, 9.17) is 0 Å². The molecule has 4 aromatic rings. The van der Waals surface area contributed by atoms with E-state index in [2.05, 4.69) is 26.3 Å². The number of nitrogens with zero attached hydrogens (tertiary/aromatic N) is 7. The maximum atomic E-state index is 14.4. The first-order valence-electron chi connectivity index (χ1n) is 13.4. The number of aromatic nitrogens is 6. The lowest BCUT2D eigenvalue weighted by molar-refractivity contribution is -0.137. The maximum absolute atomic E-state index is 14.4. The van der Waals surface area contributed by atoms with Crippen molar-refractivity contribution < 1.29 is 26.6 Å². The summed E-state index contributed by atoms with van der Waals surface area (Å²) in [6.07, 6.45) is 2.37. The van der Waals surface area contributed by atoms with E-state index in [1.54, 1.807) is 41.4 Å². The Morgan fingerprint density at radius 1 is 1.19 bits per heavy atom. The van der Waals surface area contributed by atoms with Gasteiger partial charge in [0.2, 0.25) is 0 Å². The number of pyridine rings is 1. The van der Waals surface area contributed by atoms with Gasteiger partial charge in [-0.05, 0) is 86.6 Å². The molecule has 43 heavy (non-hydrogen) atoms. The van der Waals surface area contributed by atoms with Crippen molar-refractivity contribution in [1.82, 2.24) is 34.1 Å². The Hall–Kier alpha value is -4.17. The topological polar surface area (TPSA) is 98.8 Å². The molecule has 0 saturated heterocycles. The Kier molecular flexibility index (Phi) is 6.88. The number of aryl methyl sites for hydroxylation is 1. The monoisotopic (exact) mass is 613 g/mol. The predicted molar refractivity (Wildman–Crippen MR) is 151 cm³/mol. The lowest BCUT2D eigenvalue weighted by atomic mass is 9.60. The number of allylic oxidation sites excluding steroid dienone is 1. The van der Waals surface area contributed by atoms with Crippen LogP contribution in [-0.4, -0.2) is 63.0 Å². The third-order valence-corrected chi connectivity index (χ3v) is 10.7. The van der Waals surface area contributed by atoms with Gasteiger partial charge in [-0.1, -0.05) is 10.8 Å². The van der Waals surface area contributed by atoms with Crippen LogP contribution in [0.2, 0.25) is 0 Å². The lowest BCUT2D eigenvalue weighted by Gasteiger charge is -2.46. The molecule has 1 saturated carbocycles. The third-order valence-electron chi connectivity index (χ3n) is 8.44. The first kappa shape index (κ1) is 28.9. The Morgan fingerprint density at radius 3 is 2.60 bits per heavy atom. The Morgan fingerprint density at radius 2 is 1.93 bits per heavy atom. The zero-order chi connectivity index (χ0) is 30.7. The summed E-state index contributed by atoms with van der Waals surface area (Å²) in [5, 5.41) is 12.5. The number of carbonyl (C=O) groups is 1. The maximum Gasteiger partial charge on any atom is 0.416 e. The normalized spacial score (nSPS) is 21.6. The minimum atomic E-state index is -4.66. The summed E-state index contributed by atoms with van der Waals surface area (Å²) >= 11 is 0. The molecule has 1 fully saturated rings. The molecular formula is C29H27F4N7O2S. The molecule has 3 heterocycles. The molecule has 1 aromatic carbocycles. The van der Waals surface area contributed by atoms with E-state index in [1.165, 1.54) is 23.0 Å². The summed E-state index contributed by atoms with van der Waals surface area (Å²) in [5.41, 5.74) is 0.187. The summed E-state index contributed by atoms with van der Waals surface area (Å²) in [6.45, 7) is 0. The van der Waals surface area contributed by atoms with Gasteiger partial charge in [0.25, 0.3) is 0 Å². The molecule has 2 aliphatic rings. The summed E-state index contributed by atoms with van der Waals surface area (Å²) in [6, 6.07) is 7.00. The summed E-state index contributed by atoms with van der Waals surface area (Å²) in [7, 11) is 0.188. The van der Waals surface area contributed by atoms with Crippen LogP contribution in [0.5, 0.6) is 0 Å². The predicted octanol–water partition coefficient (Wildman–Crippen LogP) is 4.54. The van der Waals surface area contributed by atoms with Crippen molar-refractivity contribution in [2.24, 2.45) is 12.5 Å². The van der Waals surface area contributed by atoms with Gasteiger partial charge in [-0.15, -0.1) is 5.10 Å². The number of benzene rings is 1. The Balaban J connectivity index is 1.44. The molecule has 0 bridgehead atoms. The highest BCUT2D eigenvalue weighted by Gasteiger charge is 2.51. The molecular weight excluding hydrogens is 586 g/mol. The van der Waals surface area contributed by atoms with Crippen LogP contribution in [0.25, 0.3) is 11.8 Å². The standard InChI is InChI=1S/C29H27F4N7O2S/c1-38-26(17-35-37-38)43(3,42)39(2)23-7-4-19-13-25-18(16-36-40(25)22-8-5-21(30)6-9-22)14-28(19,15-23)27(41)24-12-20(10-11-34-24)29(31,32)33/h5-6,8-13,16-17,23H,3-4,7,14-15H2,1-2H3/t23-,28-,43?/m0/s1. The third kappa shape index (κ3) is 4.87. The van der Waals surface area contributed by atoms with Crippen LogP contribution in [0.15, 0.2) is 65.6 Å². The molecule has 224 valence electrons. The van der Waals surface area contributed by atoms with E-state index >= 15 is 0 Å². The molecule has 0 N–H and O–H groups in total. The van der Waals surface area contributed by atoms with Crippen molar-refractivity contribution in [1.29, 1.82) is 0 Å². The van der Waals surface area contributed by atoms with Gasteiger partial charge in [0, 0.05) is 19.3 Å². The van der Waals surface area contributed by atoms with E-state index in [1.807, 2.05) is 6.08 Å². The fourth-order valence-electron chi connectivity index (χ4n) is 6.12. The van der Waals surface area contributed by atoms with Gasteiger partial charge in [0.15, 0.2) is 10.8 Å². The molecule has 2 aliphatic carbocycles. The minimum Gasteiger partial charge on any atom is -0.291 e. The van der Waals surface area contributed by atoms with Gasteiger partial charge < -0.3 is 0 Å². The highest BCUT2D eigenvalue weighted by atomic mass is 32.2. The van der Waals surface area contributed by atoms with E-state index < -0.39 is 44.5 Å². The second kappa shape index (κ2) is 10.2. The SMILES string of the molecule is C=S(=O)(c1cnnn1C)N(C)[C@H]1CCC2=Cc3c(cnn3-c3ccc(F)cc3)C[C@]2(C(=O)c2cc(C(F)(F)F)ccn2)C1. The molecule has 3 aromatic heterocycles. The fraction of sp³-hybridized carbons (Fsp3) is 0.310. The van der Waals surface area contributed by atoms with Gasteiger partial charge in [-0.3, -0.25) is 9.78 Å². The van der Waals surface area contributed by atoms with Crippen molar-refractivity contribution in [2.75, 3.05) is 7.05 Å². The first-order valence-corrected chi connectivity index (χ1v) is 15.1. The van der Waals surface area contributed by atoms with Crippen molar-refractivity contribution in [3.05, 3.63) is 88.9 Å². The number of alkyl halides is 3. The van der Waals surface area contributed by atoms with Crippen LogP contribution in [0.4, 0.5) is 17.6 Å². The summed E-state index contributed by atoms with van der Waals surface area (Å²) in [5.74, 6) is 3.02. The number of hydrogen-bond acceptors (Lipinski definition) is 6. The van der Waals surface area contributed by atoms with Crippen LogP contribution in [-0.2, 0) is 29.4 Å². The molecule has 0 spiro atoms. The zero-order valence-electron chi connectivity index (χ0n) is 23.3. The Labute approximate surface area is 245 Å². The largest absolute Gasteiger partial charge is 0.416 e. The number of ketones is 1. The first-order chi connectivity index (χ1) is 20.3. The average molecular weight is 614 g/mol. The lowest BCUT2D eigenvalue weighted by Crippen LogP contribution is -2.49. The van der Waals surface area contributed by atoms with E-state index in [0.29, 0.717) is 34.8 Å². The summed E-state index contributed by atoms with van der Waals surface area (Å²) < 4.78 is 73.0. The fourth-order valence-corrected chi connectivity index (χ4v) is 7.73. The van der Waals surface area contributed by atoms with Crippen molar-refractivity contribution in [3.63, 3.8) is 0 Å². The van der Waals surface area contributed by atoms with Crippen LogP contribution < -0.4 is 0 Å². The number of fused-ring (bicyclic) bond motifs is 2. The van der Waals surface area contributed by atoms with Crippen LogP contribution >= 0.6 is 0 Å². The molecule has 0 aliphatic heterocycles.